The molecule has 4 heavy (non-hydrogen) atoms. The molecular formula is H5AlCaCeMn. The van der Waals surface area contributed by atoms with E-state index in [0.29, 0.717) is 0 Å². The quantitative estimate of drug-likeness (QED) is 0.441. The molecule has 0 rings (SSSR count). The van der Waals surface area contributed by atoms with Gasteiger partial charge in [-0.3, -0.25) is 0 Å². The van der Waals surface area contributed by atoms with Gasteiger partial charge in [-0.15, -0.1) is 0 Å². The van der Waals surface area contributed by atoms with E-state index >= 15 is 0 Å². The van der Waals surface area contributed by atoms with Crippen LogP contribution in [0.25, 0.3) is 0 Å². The average molecular weight is 267 g/mol. The van der Waals surface area contributed by atoms with Crippen molar-refractivity contribution in [3.8, 4) is 0 Å². The fourth-order valence-corrected chi connectivity index (χ4v) is 0. The Morgan fingerprint density at radius 3 is 1.00 bits per heavy atom. The molecule has 0 unspecified atom stereocenters. The third-order valence-electron chi connectivity index (χ3n) is 0. The van der Waals surface area contributed by atoms with Gasteiger partial charge in [-0.05, 0) is 0 Å². The van der Waals surface area contributed by atoms with Gasteiger partial charge in [0.2, 0.25) is 0 Å². The molecule has 0 amide bonds. The van der Waals surface area contributed by atoms with Gasteiger partial charge in [-0.2, -0.15) is 0 Å². The van der Waals surface area contributed by atoms with Crippen LogP contribution in [0.4, 0.5) is 0 Å². The first-order valence-electron chi connectivity index (χ1n) is 0. The van der Waals surface area contributed by atoms with E-state index in [1.54, 1.807) is 0 Å². The average Bonchev–Trinajstić information content (AvgIpc) is 0. The normalized spacial score (nSPS) is 0. The van der Waals surface area contributed by atoms with Crippen molar-refractivity contribution in [3.05, 3.63) is 0 Å². The maximum Gasteiger partial charge on any atom is 0 e. The number of hydrogen-bond acceptors (Lipinski definition) is 0. The molecule has 0 nitrogen and oxygen atoms in total. The van der Waals surface area contributed by atoms with Gasteiger partial charge in [-0.25, -0.2) is 0 Å². The standard InChI is InChI=1S/Al.Ca.Ce.Mn.5H. The van der Waals surface area contributed by atoms with Crippen molar-refractivity contribution < 1.29 is 58.8 Å². The third kappa shape index (κ3) is 9.19. The zero-order valence-electron chi connectivity index (χ0n) is 0.878. The molecule has 0 saturated carbocycles. The summed E-state index contributed by atoms with van der Waals surface area (Å²) in [6.45, 7) is 0. The van der Waals surface area contributed by atoms with Crippen LogP contribution in [0.1, 0.15) is 0 Å². The van der Waals surface area contributed by atoms with Crippen LogP contribution in [0.2, 0.25) is 0 Å². The summed E-state index contributed by atoms with van der Waals surface area (Å²) in [7, 11) is 0. The Bertz CT molecular complexity index is 8.00. The van der Waals surface area contributed by atoms with Crippen molar-refractivity contribution >= 4 is 55.1 Å². The summed E-state index contributed by atoms with van der Waals surface area (Å²) in [5.74, 6) is 0. The monoisotopic (exact) mass is 267 g/mol. The molecule has 1 radical (unpaired) electrons. The minimum Gasteiger partial charge on any atom is 0 e. The molecule has 0 N–H and O–H groups in total. The first kappa shape index (κ1) is 25.3. The summed E-state index contributed by atoms with van der Waals surface area (Å²) in [6, 6.07) is 0. The van der Waals surface area contributed by atoms with Crippen LogP contribution in [0.3, 0.4) is 0 Å². The van der Waals surface area contributed by atoms with E-state index in [2.05, 4.69) is 0 Å². The predicted octanol–water partition coefficient (Wildman–Crippen LogP) is -2.10. The van der Waals surface area contributed by atoms with E-state index < -0.39 is 0 Å². The van der Waals surface area contributed by atoms with Gasteiger partial charge in [0.15, 0.2) is 17.4 Å². The van der Waals surface area contributed by atoms with Crippen molar-refractivity contribution in [2.24, 2.45) is 0 Å². The molecule has 0 aliphatic heterocycles. The third-order valence-corrected chi connectivity index (χ3v) is 0. The van der Waals surface area contributed by atoms with Crippen molar-refractivity contribution in [2.45, 2.75) is 0 Å². The van der Waals surface area contributed by atoms with Gasteiger partial charge < -0.3 is 0 Å². The minimum absolute atomic E-state index is 0. The summed E-state index contributed by atoms with van der Waals surface area (Å²) >= 11 is 0. The molecule has 0 spiro atoms. The SMILES string of the molecule is [AlH3].[CaH2].[Ce].[Mn]. The summed E-state index contributed by atoms with van der Waals surface area (Å²) in [4.78, 5) is 0. The first-order valence-corrected chi connectivity index (χ1v) is 0. The minimum atomic E-state index is 0. The molecule has 0 saturated heterocycles. The van der Waals surface area contributed by atoms with Gasteiger partial charge in [0, 0.05) is 58.8 Å². The second kappa shape index (κ2) is 15.9. The summed E-state index contributed by atoms with van der Waals surface area (Å²) in [5, 5.41) is 0. The van der Waals surface area contributed by atoms with Gasteiger partial charge in [0.1, 0.15) is 0 Å². The van der Waals surface area contributed by atoms with Crippen LogP contribution in [-0.4, -0.2) is 55.1 Å². The topological polar surface area (TPSA) is 0 Å². The Morgan fingerprint density at radius 1 is 1.00 bits per heavy atom. The largest absolute Gasteiger partial charge is 0 e. The van der Waals surface area contributed by atoms with E-state index in [0.717, 1.165) is 0 Å². The molecule has 0 aromatic heterocycles. The molecule has 0 aromatic carbocycles. The maximum atomic E-state index is 0. The van der Waals surface area contributed by atoms with Gasteiger partial charge >= 0.3 is 37.7 Å². The Balaban J connectivity index is 0. The Morgan fingerprint density at radius 2 is 1.00 bits per heavy atom. The van der Waals surface area contributed by atoms with Crippen molar-refractivity contribution in [3.63, 3.8) is 0 Å². The fraction of sp³-hybridized carbons (Fsp3) is 0. The Labute approximate surface area is 111 Å². The Hall–Kier alpha value is 3.69. The summed E-state index contributed by atoms with van der Waals surface area (Å²) in [5.41, 5.74) is 0. The van der Waals surface area contributed by atoms with Crippen LogP contribution < -0.4 is 0 Å². The van der Waals surface area contributed by atoms with Crippen LogP contribution in [0.15, 0.2) is 0 Å². The second-order valence-electron chi connectivity index (χ2n) is 0. The predicted molar refractivity (Wildman–Crippen MR) is 18.5 cm³/mol. The number of rotatable bonds is 0. The maximum absolute atomic E-state index is 0. The van der Waals surface area contributed by atoms with Gasteiger partial charge in [-0.1, -0.05) is 0 Å². The first-order chi connectivity index (χ1) is 0. The zero-order valence-corrected chi connectivity index (χ0v) is 5.20. The van der Waals surface area contributed by atoms with Crippen molar-refractivity contribution in [1.82, 2.24) is 0 Å². The number of hydrogen-bond donors (Lipinski definition) is 0. The molecule has 0 aromatic rings. The van der Waals surface area contributed by atoms with E-state index in [1.165, 1.54) is 0 Å². The smallest absolute Gasteiger partial charge is 0 e. The molecular weight excluding hydrogens is 262 g/mol. The van der Waals surface area contributed by atoms with Crippen LogP contribution in [-0.2, 0) is 17.1 Å². The van der Waals surface area contributed by atoms with E-state index in [9.17, 15) is 0 Å². The van der Waals surface area contributed by atoms with E-state index in [-0.39, 0.29) is 114 Å². The molecule has 0 fully saturated rings. The molecule has 0 atom stereocenters. The molecule has 0 heterocycles. The summed E-state index contributed by atoms with van der Waals surface area (Å²) in [6.07, 6.45) is 0. The summed E-state index contributed by atoms with van der Waals surface area (Å²) < 4.78 is 0. The second-order valence-corrected chi connectivity index (χ2v) is 0. The van der Waals surface area contributed by atoms with Crippen molar-refractivity contribution in [2.75, 3.05) is 0 Å². The van der Waals surface area contributed by atoms with Gasteiger partial charge in [0.05, 0.1) is 0 Å². The Kier molecular flexibility index (Phi) is 101. The van der Waals surface area contributed by atoms with Crippen LogP contribution >= 0.6 is 0 Å². The molecule has 0 aliphatic rings. The van der Waals surface area contributed by atoms with Crippen molar-refractivity contribution in [1.29, 1.82) is 0 Å². The van der Waals surface area contributed by atoms with E-state index in [1.807, 2.05) is 0 Å². The van der Waals surface area contributed by atoms with Crippen LogP contribution in [0, 0.1) is 41.7 Å². The molecule has 4 heteroatoms. The molecule has 0 bridgehead atoms. The molecule has 0 aliphatic carbocycles. The van der Waals surface area contributed by atoms with E-state index in [4.69, 9.17) is 0 Å². The van der Waals surface area contributed by atoms with Crippen LogP contribution in [0.5, 0.6) is 0 Å². The molecule has 21 valence electrons. The van der Waals surface area contributed by atoms with Gasteiger partial charge in [0.25, 0.3) is 0 Å². The fourth-order valence-electron chi connectivity index (χ4n) is 0. The zero-order chi connectivity index (χ0) is 0.